The van der Waals surface area contributed by atoms with Crippen molar-refractivity contribution in [3.63, 3.8) is 0 Å². The van der Waals surface area contributed by atoms with Crippen LogP contribution in [0.2, 0.25) is 5.02 Å². The lowest BCUT2D eigenvalue weighted by Gasteiger charge is -2.39. The summed E-state index contributed by atoms with van der Waals surface area (Å²) in [5, 5.41) is 8.87. The molecule has 44 heavy (non-hydrogen) atoms. The van der Waals surface area contributed by atoms with E-state index >= 15 is 8.78 Å². The summed E-state index contributed by atoms with van der Waals surface area (Å²) in [6.07, 6.45) is 5.46. The number of aryl methyl sites for hydroxylation is 1. The number of hydrogen-bond acceptors (Lipinski definition) is 8. The number of nitrogens with zero attached hydrogens (tertiary/aromatic N) is 6. The molecule has 0 amide bonds. The molecule has 3 atom stereocenters. The Balaban J connectivity index is 1.34. The zero-order chi connectivity index (χ0) is 30.3. The van der Waals surface area contributed by atoms with Crippen LogP contribution in [0, 0.1) is 11.6 Å². The molecular formula is C32H34ClF2N7O2. The number of halogens is 3. The van der Waals surface area contributed by atoms with Crippen molar-refractivity contribution in [1.82, 2.24) is 30.0 Å². The summed E-state index contributed by atoms with van der Waals surface area (Å²) in [6.45, 7) is 10.2. The molecule has 0 saturated carbocycles. The van der Waals surface area contributed by atoms with Crippen LogP contribution >= 0.6 is 11.6 Å². The Morgan fingerprint density at radius 3 is 2.95 bits per heavy atom. The first-order valence-electron chi connectivity index (χ1n) is 15.3. The highest BCUT2D eigenvalue weighted by Crippen LogP contribution is 2.50. The van der Waals surface area contributed by atoms with Crippen molar-refractivity contribution in [2.24, 2.45) is 7.05 Å². The smallest absolute Gasteiger partial charge is 0.319 e. The third-order valence-corrected chi connectivity index (χ3v) is 10.3. The van der Waals surface area contributed by atoms with Crippen molar-refractivity contribution in [3.8, 4) is 22.9 Å². The first-order chi connectivity index (χ1) is 21.3. The van der Waals surface area contributed by atoms with Gasteiger partial charge in [0.15, 0.2) is 11.6 Å². The van der Waals surface area contributed by atoms with Crippen molar-refractivity contribution in [1.29, 1.82) is 0 Å². The zero-order valence-corrected chi connectivity index (χ0v) is 25.6. The molecule has 3 fully saturated rings. The number of nitrogens with one attached hydrogen (secondary N) is 1. The maximum absolute atomic E-state index is 17.0. The monoisotopic (exact) mass is 621 g/mol. The summed E-state index contributed by atoms with van der Waals surface area (Å²) in [5.41, 5.74) is 1.33. The fourth-order valence-electron chi connectivity index (χ4n) is 7.71. The molecule has 0 spiro atoms. The maximum Gasteiger partial charge on any atom is 0.319 e. The van der Waals surface area contributed by atoms with Gasteiger partial charge >= 0.3 is 6.01 Å². The minimum atomic E-state index is -0.756. The molecule has 0 aliphatic carbocycles. The second kappa shape index (κ2) is 10.3. The molecule has 8 rings (SSSR count). The molecular weight excluding hydrogens is 588 g/mol. The third kappa shape index (κ3) is 4.12. The van der Waals surface area contributed by atoms with Crippen LogP contribution in [-0.2, 0) is 7.05 Å². The van der Waals surface area contributed by atoms with Crippen LogP contribution in [0.5, 0.6) is 11.8 Å². The molecule has 4 aliphatic heterocycles. The second-order valence-electron chi connectivity index (χ2n) is 12.6. The van der Waals surface area contributed by atoms with Crippen molar-refractivity contribution < 1.29 is 18.3 Å². The van der Waals surface area contributed by atoms with Crippen LogP contribution in [0.4, 0.5) is 14.6 Å². The van der Waals surface area contributed by atoms with Crippen molar-refractivity contribution in [2.45, 2.75) is 50.2 Å². The van der Waals surface area contributed by atoms with E-state index in [4.69, 9.17) is 26.1 Å². The Morgan fingerprint density at radius 2 is 2.11 bits per heavy atom. The number of hydrogen-bond donors (Lipinski definition) is 1. The number of benzene rings is 2. The number of anilines is 1. The maximum atomic E-state index is 17.0. The summed E-state index contributed by atoms with van der Waals surface area (Å²) in [6, 6.07) is 3.13. The van der Waals surface area contributed by atoms with Crippen LogP contribution in [-0.4, -0.2) is 81.7 Å². The van der Waals surface area contributed by atoms with E-state index in [2.05, 4.69) is 38.7 Å². The van der Waals surface area contributed by atoms with Gasteiger partial charge in [-0.05, 0) is 44.4 Å². The lowest BCUT2D eigenvalue weighted by molar-refractivity contribution is 0.108. The summed E-state index contributed by atoms with van der Waals surface area (Å²) < 4.78 is 47.0. The van der Waals surface area contributed by atoms with Crippen molar-refractivity contribution >= 4 is 39.2 Å². The molecule has 0 radical (unpaired) electrons. The topological polar surface area (TPSA) is 80.6 Å². The van der Waals surface area contributed by atoms with Crippen LogP contribution in [0.15, 0.2) is 30.5 Å². The van der Waals surface area contributed by atoms with Gasteiger partial charge in [0.05, 0.1) is 33.7 Å². The van der Waals surface area contributed by atoms with E-state index in [0.29, 0.717) is 41.8 Å². The highest BCUT2D eigenvalue weighted by atomic mass is 35.5. The van der Waals surface area contributed by atoms with Gasteiger partial charge in [0.1, 0.15) is 30.4 Å². The largest absolute Gasteiger partial charge is 0.489 e. The van der Waals surface area contributed by atoms with Crippen molar-refractivity contribution in [2.75, 3.05) is 44.3 Å². The molecule has 4 aliphatic rings. The first kappa shape index (κ1) is 28.0. The van der Waals surface area contributed by atoms with E-state index in [-0.39, 0.29) is 57.7 Å². The summed E-state index contributed by atoms with van der Waals surface area (Å²) >= 11 is 7.02. The van der Waals surface area contributed by atoms with Gasteiger partial charge in [-0.25, -0.2) is 8.78 Å². The van der Waals surface area contributed by atoms with Gasteiger partial charge in [0.2, 0.25) is 0 Å². The van der Waals surface area contributed by atoms with Gasteiger partial charge in [-0.15, -0.1) is 0 Å². The average Bonchev–Trinajstić information content (AvgIpc) is 3.64. The van der Waals surface area contributed by atoms with Gasteiger partial charge in [0.25, 0.3) is 0 Å². The third-order valence-electron chi connectivity index (χ3n) is 9.93. The molecule has 230 valence electrons. The van der Waals surface area contributed by atoms with Gasteiger partial charge in [-0.2, -0.15) is 15.1 Å². The molecule has 0 unspecified atom stereocenters. The Bertz CT molecular complexity index is 1850. The molecule has 2 aromatic carbocycles. The van der Waals surface area contributed by atoms with E-state index in [9.17, 15) is 0 Å². The SMILES string of the molecule is C=C1CN2CCC[C@@]2(COc2nc3c4c(c(Cl)c(-c5c(F)ccc6cnn(C)c56)c(F)c4n2)OC[C@@H]2CN[C@H](CC)CN32)C1. The first-order valence-corrected chi connectivity index (χ1v) is 15.7. The minimum absolute atomic E-state index is 0.00835. The van der Waals surface area contributed by atoms with E-state index in [0.717, 1.165) is 38.8 Å². The summed E-state index contributed by atoms with van der Waals surface area (Å²) in [5.74, 6) is -0.616. The molecule has 1 N–H and O–H groups in total. The van der Waals surface area contributed by atoms with Gasteiger partial charge < -0.3 is 19.7 Å². The fourth-order valence-corrected chi connectivity index (χ4v) is 8.04. The van der Waals surface area contributed by atoms with Crippen molar-refractivity contribution in [3.05, 3.63) is 47.1 Å². The van der Waals surface area contributed by atoms with Gasteiger partial charge in [-0.3, -0.25) is 9.58 Å². The van der Waals surface area contributed by atoms with Crippen LogP contribution < -0.4 is 19.7 Å². The molecule has 3 saturated heterocycles. The fraction of sp³-hybridized carbons (Fsp3) is 0.469. The highest BCUT2D eigenvalue weighted by Gasteiger charge is 2.47. The quantitative estimate of drug-likeness (QED) is 0.303. The number of fused-ring (bicyclic) bond motifs is 4. The minimum Gasteiger partial charge on any atom is -0.489 e. The van der Waals surface area contributed by atoms with Gasteiger partial charge in [0, 0.05) is 49.2 Å². The number of aromatic nitrogens is 4. The molecule has 2 aromatic heterocycles. The molecule has 0 bridgehead atoms. The van der Waals surface area contributed by atoms with Crippen LogP contribution in [0.1, 0.15) is 32.6 Å². The molecule has 12 heteroatoms. The van der Waals surface area contributed by atoms with E-state index in [1.165, 1.54) is 16.3 Å². The zero-order valence-electron chi connectivity index (χ0n) is 24.8. The van der Waals surface area contributed by atoms with Crippen LogP contribution in [0.3, 0.4) is 0 Å². The Morgan fingerprint density at radius 1 is 1.25 bits per heavy atom. The standard InChI is InChI=1S/C32H34ClF2N7O2/c1-4-19-14-42-20(12-36-19)15-43-29-24-27(26(35)23(25(29)33)22-21(34)7-6-18-11-37-40(3)28(18)22)38-31(39-30(24)42)44-16-32-8-5-9-41(32)13-17(2)10-32/h6-7,11,19-20,36H,2,4-5,8-10,12-16H2,1,3H3/t19-,20+,32+/m1/s1. The van der Waals surface area contributed by atoms with E-state index in [1.807, 2.05) is 0 Å². The lowest BCUT2D eigenvalue weighted by Crippen LogP contribution is -2.58. The Hall–Kier alpha value is -3.54. The lowest BCUT2D eigenvalue weighted by atomic mass is 9.94. The summed E-state index contributed by atoms with van der Waals surface area (Å²) in [4.78, 5) is 14.2. The highest BCUT2D eigenvalue weighted by molar-refractivity contribution is 6.37. The van der Waals surface area contributed by atoms with E-state index in [1.54, 1.807) is 19.3 Å². The normalized spacial score (nSPS) is 24.9. The molecule has 4 aromatic rings. The average molecular weight is 622 g/mol. The van der Waals surface area contributed by atoms with E-state index < -0.39 is 11.6 Å². The Kier molecular flexibility index (Phi) is 6.52. The second-order valence-corrected chi connectivity index (χ2v) is 13.0. The summed E-state index contributed by atoms with van der Waals surface area (Å²) in [7, 11) is 1.69. The number of ether oxygens (including phenoxy) is 2. The molecule has 9 nitrogen and oxygen atoms in total. The number of piperazine rings is 1. The van der Waals surface area contributed by atoms with Crippen LogP contribution in [0.25, 0.3) is 32.9 Å². The van der Waals surface area contributed by atoms with Gasteiger partial charge in [-0.1, -0.05) is 30.7 Å². The predicted molar refractivity (Wildman–Crippen MR) is 166 cm³/mol. The predicted octanol–water partition coefficient (Wildman–Crippen LogP) is 5.24. The molecule has 6 heterocycles. The Labute approximate surface area is 258 Å². The number of rotatable bonds is 5.